The van der Waals surface area contributed by atoms with Crippen molar-refractivity contribution in [2.75, 3.05) is 13.7 Å². The van der Waals surface area contributed by atoms with Gasteiger partial charge >= 0.3 is 0 Å². The Morgan fingerprint density at radius 2 is 2.17 bits per heavy atom. The quantitative estimate of drug-likeness (QED) is 0.752. The van der Waals surface area contributed by atoms with Crippen molar-refractivity contribution in [2.24, 2.45) is 0 Å². The fourth-order valence-electron chi connectivity index (χ4n) is 2.07. The first-order chi connectivity index (χ1) is 11.3. The van der Waals surface area contributed by atoms with E-state index in [-0.39, 0.29) is 5.91 Å². The van der Waals surface area contributed by atoms with Crippen LogP contribution in [0.15, 0.2) is 46.3 Å². The highest BCUT2D eigenvalue weighted by Gasteiger charge is 2.13. The fourth-order valence-corrected chi connectivity index (χ4v) is 2.71. The van der Waals surface area contributed by atoms with Crippen LogP contribution in [0.2, 0.25) is 0 Å². The van der Waals surface area contributed by atoms with Gasteiger partial charge in [-0.05, 0) is 23.6 Å². The van der Waals surface area contributed by atoms with Crippen LogP contribution in [0.3, 0.4) is 0 Å². The lowest BCUT2D eigenvalue weighted by atomic mass is 10.2. The minimum Gasteiger partial charge on any atom is -0.496 e. The molecule has 0 unspecified atom stereocenters. The number of para-hydroxylation sites is 1. The lowest BCUT2D eigenvalue weighted by molar-refractivity contribution is 0.0957. The average Bonchev–Trinajstić information content (AvgIpc) is 3.26. The number of amides is 1. The van der Waals surface area contributed by atoms with Crippen molar-refractivity contribution in [1.29, 1.82) is 0 Å². The molecular weight excluding hydrogens is 314 g/mol. The van der Waals surface area contributed by atoms with Gasteiger partial charge in [0.2, 0.25) is 11.7 Å². The molecule has 0 radical (unpaired) electrons. The van der Waals surface area contributed by atoms with E-state index >= 15 is 0 Å². The normalized spacial score (nSPS) is 10.5. The third-order valence-electron chi connectivity index (χ3n) is 3.19. The van der Waals surface area contributed by atoms with Crippen molar-refractivity contribution in [1.82, 2.24) is 15.5 Å². The molecule has 6 nitrogen and oxygen atoms in total. The molecule has 0 atom stereocenters. The largest absolute Gasteiger partial charge is 0.496 e. The Morgan fingerprint density at radius 1 is 1.30 bits per heavy atom. The topological polar surface area (TPSA) is 77.3 Å². The molecule has 0 bridgehead atoms. The van der Waals surface area contributed by atoms with Crippen LogP contribution in [0.25, 0.3) is 11.4 Å². The molecule has 0 spiro atoms. The molecular formula is C16H15N3O3S. The number of hydrogen-bond acceptors (Lipinski definition) is 6. The van der Waals surface area contributed by atoms with Crippen LogP contribution in [0.1, 0.15) is 15.6 Å². The van der Waals surface area contributed by atoms with E-state index in [4.69, 9.17) is 9.26 Å². The van der Waals surface area contributed by atoms with E-state index in [1.807, 2.05) is 35.7 Å². The first kappa shape index (κ1) is 15.2. The van der Waals surface area contributed by atoms with Crippen LogP contribution in [0.5, 0.6) is 5.75 Å². The summed E-state index contributed by atoms with van der Waals surface area (Å²) in [5, 5.41) is 8.66. The Morgan fingerprint density at radius 3 is 2.96 bits per heavy atom. The summed E-state index contributed by atoms with van der Waals surface area (Å²) < 4.78 is 10.5. The van der Waals surface area contributed by atoms with Crippen LogP contribution < -0.4 is 10.1 Å². The summed E-state index contributed by atoms with van der Waals surface area (Å²) in [5.74, 6) is 1.54. The molecule has 2 heterocycles. The van der Waals surface area contributed by atoms with Gasteiger partial charge in [-0.25, -0.2) is 0 Å². The molecule has 0 saturated carbocycles. The van der Waals surface area contributed by atoms with Crippen molar-refractivity contribution in [3.63, 3.8) is 0 Å². The van der Waals surface area contributed by atoms with Gasteiger partial charge in [0.25, 0.3) is 5.91 Å². The van der Waals surface area contributed by atoms with Gasteiger partial charge in [-0.3, -0.25) is 4.79 Å². The van der Waals surface area contributed by atoms with Crippen molar-refractivity contribution >= 4 is 17.2 Å². The highest BCUT2D eigenvalue weighted by Crippen LogP contribution is 2.26. The first-order valence-electron chi connectivity index (χ1n) is 7.05. The number of nitrogens with zero attached hydrogens (tertiary/aromatic N) is 2. The number of nitrogens with one attached hydrogen (secondary N) is 1. The van der Waals surface area contributed by atoms with E-state index < -0.39 is 0 Å². The summed E-state index contributed by atoms with van der Waals surface area (Å²) in [6.07, 6.45) is 0.471. The molecule has 1 N–H and O–H groups in total. The number of carbonyl (C=O) groups is 1. The van der Waals surface area contributed by atoms with Gasteiger partial charge < -0.3 is 14.6 Å². The zero-order valence-corrected chi connectivity index (χ0v) is 13.3. The second kappa shape index (κ2) is 7.06. The highest BCUT2D eigenvalue weighted by atomic mass is 32.1. The van der Waals surface area contributed by atoms with Crippen molar-refractivity contribution in [3.8, 4) is 17.1 Å². The van der Waals surface area contributed by atoms with Gasteiger partial charge in [0.15, 0.2) is 0 Å². The molecule has 118 valence electrons. The zero-order valence-electron chi connectivity index (χ0n) is 12.5. The number of hydrogen-bond donors (Lipinski definition) is 1. The van der Waals surface area contributed by atoms with E-state index in [0.29, 0.717) is 35.3 Å². The Hall–Kier alpha value is -2.67. The molecule has 0 aliphatic heterocycles. The molecule has 0 aliphatic carbocycles. The number of carbonyl (C=O) groups excluding carboxylic acids is 1. The van der Waals surface area contributed by atoms with E-state index in [0.717, 1.165) is 5.56 Å². The fraction of sp³-hybridized carbons (Fsp3) is 0.188. The van der Waals surface area contributed by atoms with Crippen LogP contribution in [-0.4, -0.2) is 29.7 Å². The third kappa shape index (κ3) is 3.57. The summed E-state index contributed by atoms with van der Waals surface area (Å²) in [4.78, 5) is 16.8. The maximum atomic E-state index is 11.8. The Balaban J connectivity index is 1.60. The first-order valence-corrected chi connectivity index (χ1v) is 7.93. The van der Waals surface area contributed by atoms with Gasteiger partial charge in [-0.2, -0.15) is 4.98 Å². The summed E-state index contributed by atoms with van der Waals surface area (Å²) in [5.41, 5.74) is 0.771. The maximum absolute atomic E-state index is 11.8. The highest BCUT2D eigenvalue weighted by molar-refractivity contribution is 7.12. The summed E-state index contributed by atoms with van der Waals surface area (Å²) in [6, 6.07) is 11.1. The predicted molar refractivity (Wildman–Crippen MR) is 86.6 cm³/mol. The zero-order chi connectivity index (χ0) is 16.1. The number of rotatable bonds is 6. The number of thiophene rings is 1. The van der Waals surface area contributed by atoms with E-state index in [9.17, 15) is 4.79 Å². The molecule has 3 aromatic rings. The molecule has 2 aromatic heterocycles. The standard InChI is InChI=1S/C16H15N3O3S/c1-21-12-6-3-2-5-11(12)15-18-14(22-19-15)8-9-17-16(20)13-7-4-10-23-13/h2-7,10H,8-9H2,1H3,(H,17,20). The lowest BCUT2D eigenvalue weighted by Gasteiger charge is -2.03. The Bertz CT molecular complexity index is 783. The number of benzene rings is 1. The molecule has 23 heavy (non-hydrogen) atoms. The SMILES string of the molecule is COc1ccccc1-c1noc(CCNC(=O)c2cccs2)n1. The number of methoxy groups -OCH3 is 1. The number of aromatic nitrogens is 2. The molecule has 0 saturated heterocycles. The van der Waals surface area contributed by atoms with E-state index in [2.05, 4.69) is 15.5 Å². The summed E-state index contributed by atoms with van der Waals surface area (Å²) in [6.45, 7) is 0.435. The smallest absolute Gasteiger partial charge is 0.261 e. The van der Waals surface area contributed by atoms with Crippen molar-refractivity contribution in [3.05, 3.63) is 52.5 Å². The Labute approximate surface area is 137 Å². The van der Waals surface area contributed by atoms with Gasteiger partial charge in [0.1, 0.15) is 5.75 Å². The molecule has 1 amide bonds. The van der Waals surface area contributed by atoms with Crippen LogP contribution in [-0.2, 0) is 6.42 Å². The second-order valence-corrected chi connectivity index (χ2v) is 5.64. The minimum atomic E-state index is -0.0931. The van der Waals surface area contributed by atoms with Crippen LogP contribution >= 0.6 is 11.3 Å². The van der Waals surface area contributed by atoms with Gasteiger partial charge in [-0.1, -0.05) is 23.4 Å². The Kier molecular flexibility index (Phi) is 4.68. The second-order valence-electron chi connectivity index (χ2n) is 4.70. The monoisotopic (exact) mass is 329 g/mol. The molecule has 0 fully saturated rings. The molecule has 1 aromatic carbocycles. The summed E-state index contributed by atoms with van der Waals surface area (Å²) >= 11 is 1.41. The maximum Gasteiger partial charge on any atom is 0.261 e. The van der Waals surface area contributed by atoms with E-state index in [1.54, 1.807) is 13.2 Å². The third-order valence-corrected chi connectivity index (χ3v) is 4.05. The van der Waals surface area contributed by atoms with Crippen molar-refractivity contribution in [2.45, 2.75) is 6.42 Å². The van der Waals surface area contributed by atoms with E-state index in [1.165, 1.54) is 11.3 Å². The minimum absolute atomic E-state index is 0.0931. The van der Waals surface area contributed by atoms with Gasteiger partial charge in [-0.15, -0.1) is 11.3 Å². The predicted octanol–water partition coefficient (Wildman–Crippen LogP) is 2.78. The average molecular weight is 329 g/mol. The number of ether oxygens (including phenoxy) is 1. The lowest BCUT2D eigenvalue weighted by Crippen LogP contribution is -2.24. The van der Waals surface area contributed by atoms with Crippen LogP contribution in [0, 0.1) is 0 Å². The van der Waals surface area contributed by atoms with Crippen molar-refractivity contribution < 1.29 is 14.1 Å². The van der Waals surface area contributed by atoms with Crippen LogP contribution in [0.4, 0.5) is 0 Å². The van der Waals surface area contributed by atoms with Gasteiger partial charge in [0.05, 0.1) is 17.6 Å². The summed E-state index contributed by atoms with van der Waals surface area (Å²) in [7, 11) is 1.60. The molecule has 3 rings (SSSR count). The van der Waals surface area contributed by atoms with Gasteiger partial charge in [0, 0.05) is 13.0 Å². The molecule has 7 heteroatoms. The molecule has 0 aliphatic rings.